The number of hydrogen-bond acceptors (Lipinski definition) is 5. The van der Waals surface area contributed by atoms with E-state index >= 15 is 0 Å². The van der Waals surface area contributed by atoms with Gasteiger partial charge in [0.05, 0.1) is 14.2 Å². The molecule has 1 unspecified atom stereocenters. The van der Waals surface area contributed by atoms with Crippen LogP contribution in [0.15, 0.2) is 18.2 Å². The van der Waals surface area contributed by atoms with Gasteiger partial charge in [0.2, 0.25) is 0 Å². The fraction of sp³-hybridized carbons (Fsp3) is 0.611. The second-order valence-corrected chi connectivity index (χ2v) is 6.29. The summed E-state index contributed by atoms with van der Waals surface area (Å²) in [5.74, 6) is 1.66. The summed E-state index contributed by atoms with van der Waals surface area (Å²) in [5.41, 5.74) is 1.19. The molecule has 6 nitrogen and oxygen atoms in total. The highest BCUT2D eigenvalue weighted by atomic mass is 16.5. The average Bonchev–Trinajstić information content (AvgIpc) is 3.16. The molecule has 1 atom stereocenters. The SMILES string of the molecule is COc1ccc(CN2CCN(C(=O)C3CCCO3)CC2)cc1OC. The van der Waals surface area contributed by atoms with Crippen LogP contribution >= 0.6 is 0 Å². The van der Waals surface area contributed by atoms with E-state index in [4.69, 9.17) is 14.2 Å². The molecular weight excluding hydrogens is 308 g/mol. The Balaban J connectivity index is 1.52. The highest BCUT2D eigenvalue weighted by Gasteiger charge is 2.30. The maximum absolute atomic E-state index is 12.4. The van der Waals surface area contributed by atoms with Gasteiger partial charge in [-0.3, -0.25) is 9.69 Å². The minimum absolute atomic E-state index is 0.165. The van der Waals surface area contributed by atoms with Gasteiger partial charge in [0.15, 0.2) is 11.5 Å². The average molecular weight is 334 g/mol. The molecule has 1 aromatic rings. The van der Waals surface area contributed by atoms with Crippen molar-refractivity contribution < 1.29 is 19.0 Å². The van der Waals surface area contributed by atoms with E-state index in [1.165, 1.54) is 5.56 Å². The molecule has 2 aliphatic heterocycles. The fourth-order valence-corrected chi connectivity index (χ4v) is 3.34. The highest BCUT2D eigenvalue weighted by Crippen LogP contribution is 2.28. The molecule has 0 aromatic heterocycles. The van der Waals surface area contributed by atoms with Gasteiger partial charge in [-0.15, -0.1) is 0 Å². The maximum Gasteiger partial charge on any atom is 0.251 e. The van der Waals surface area contributed by atoms with Gasteiger partial charge < -0.3 is 19.1 Å². The van der Waals surface area contributed by atoms with E-state index in [0.717, 1.165) is 63.7 Å². The quantitative estimate of drug-likeness (QED) is 0.817. The molecule has 0 N–H and O–H groups in total. The lowest BCUT2D eigenvalue weighted by atomic mass is 10.1. The summed E-state index contributed by atoms with van der Waals surface area (Å²) in [6.45, 7) is 4.87. The topological polar surface area (TPSA) is 51.2 Å². The Bertz CT molecular complexity index is 564. The third-order valence-corrected chi connectivity index (χ3v) is 4.74. The Morgan fingerprint density at radius 3 is 2.54 bits per heavy atom. The van der Waals surface area contributed by atoms with E-state index < -0.39 is 0 Å². The van der Waals surface area contributed by atoms with Crippen molar-refractivity contribution in [1.82, 2.24) is 9.80 Å². The molecule has 0 spiro atoms. The predicted molar refractivity (Wildman–Crippen MR) is 90.4 cm³/mol. The van der Waals surface area contributed by atoms with E-state index in [0.29, 0.717) is 0 Å². The first kappa shape index (κ1) is 17.0. The molecular formula is C18H26N2O4. The van der Waals surface area contributed by atoms with Crippen LogP contribution in [0.5, 0.6) is 11.5 Å². The summed E-state index contributed by atoms with van der Waals surface area (Å²) in [7, 11) is 3.29. The summed E-state index contributed by atoms with van der Waals surface area (Å²) < 4.78 is 16.1. The van der Waals surface area contributed by atoms with Crippen molar-refractivity contribution in [2.75, 3.05) is 47.0 Å². The minimum Gasteiger partial charge on any atom is -0.493 e. The Kier molecular flexibility index (Phi) is 5.58. The fourth-order valence-electron chi connectivity index (χ4n) is 3.34. The van der Waals surface area contributed by atoms with Crippen LogP contribution in [0.25, 0.3) is 0 Å². The molecule has 0 saturated carbocycles. The van der Waals surface area contributed by atoms with Crippen LogP contribution in [0.4, 0.5) is 0 Å². The number of amides is 1. The molecule has 132 valence electrons. The molecule has 24 heavy (non-hydrogen) atoms. The van der Waals surface area contributed by atoms with Gasteiger partial charge in [0.1, 0.15) is 6.10 Å². The first-order valence-corrected chi connectivity index (χ1v) is 8.55. The Morgan fingerprint density at radius 1 is 1.17 bits per heavy atom. The number of ether oxygens (including phenoxy) is 3. The van der Waals surface area contributed by atoms with Crippen molar-refractivity contribution >= 4 is 5.91 Å². The second-order valence-electron chi connectivity index (χ2n) is 6.29. The number of methoxy groups -OCH3 is 2. The monoisotopic (exact) mass is 334 g/mol. The van der Waals surface area contributed by atoms with Crippen molar-refractivity contribution in [2.24, 2.45) is 0 Å². The lowest BCUT2D eigenvalue weighted by Crippen LogP contribution is -2.51. The summed E-state index contributed by atoms with van der Waals surface area (Å²) in [4.78, 5) is 16.7. The molecule has 2 heterocycles. The van der Waals surface area contributed by atoms with E-state index in [1.807, 2.05) is 17.0 Å². The van der Waals surface area contributed by atoms with Gasteiger partial charge in [-0.25, -0.2) is 0 Å². The number of benzene rings is 1. The number of rotatable bonds is 5. The van der Waals surface area contributed by atoms with Crippen LogP contribution in [0.3, 0.4) is 0 Å². The maximum atomic E-state index is 12.4. The first-order valence-electron chi connectivity index (χ1n) is 8.55. The van der Waals surface area contributed by atoms with E-state index in [2.05, 4.69) is 11.0 Å². The van der Waals surface area contributed by atoms with Crippen molar-refractivity contribution in [2.45, 2.75) is 25.5 Å². The summed E-state index contributed by atoms with van der Waals surface area (Å²) >= 11 is 0. The normalized spacial score (nSPS) is 21.8. The molecule has 6 heteroatoms. The van der Waals surface area contributed by atoms with Crippen LogP contribution < -0.4 is 9.47 Å². The Labute approximate surface area is 143 Å². The second kappa shape index (κ2) is 7.85. The number of nitrogens with zero attached hydrogens (tertiary/aromatic N) is 2. The number of hydrogen-bond donors (Lipinski definition) is 0. The third kappa shape index (κ3) is 3.82. The van der Waals surface area contributed by atoms with Gasteiger partial charge in [-0.05, 0) is 30.5 Å². The lowest BCUT2D eigenvalue weighted by Gasteiger charge is -2.35. The number of carbonyl (C=O) groups excluding carboxylic acids is 1. The largest absolute Gasteiger partial charge is 0.493 e. The van der Waals surface area contributed by atoms with Crippen LogP contribution in [0.1, 0.15) is 18.4 Å². The van der Waals surface area contributed by atoms with Crippen LogP contribution in [-0.4, -0.2) is 68.8 Å². The van der Waals surface area contributed by atoms with Crippen molar-refractivity contribution in [3.05, 3.63) is 23.8 Å². The lowest BCUT2D eigenvalue weighted by molar-refractivity contribution is -0.142. The van der Waals surface area contributed by atoms with Crippen LogP contribution in [0.2, 0.25) is 0 Å². The zero-order chi connectivity index (χ0) is 16.9. The van der Waals surface area contributed by atoms with Gasteiger partial charge in [-0.2, -0.15) is 0 Å². The molecule has 0 aliphatic carbocycles. The molecule has 0 radical (unpaired) electrons. The molecule has 2 saturated heterocycles. The number of carbonyl (C=O) groups is 1. The zero-order valence-corrected chi connectivity index (χ0v) is 14.5. The van der Waals surface area contributed by atoms with Crippen molar-refractivity contribution in [3.63, 3.8) is 0 Å². The van der Waals surface area contributed by atoms with Gasteiger partial charge in [0, 0.05) is 39.3 Å². The van der Waals surface area contributed by atoms with Gasteiger partial charge in [-0.1, -0.05) is 6.07 Å². The summed E-state index contributed by atoms with van der Waals surface area (Å²) in [5, 5.41) is 0. The molecule has 2 aliphatic rings. The summed E-state index contributed by atoms with van der Waals surface area (Å²) in [6, 6.07) is 6.01. The van der Waals surface area contributed by atoms with Crippen molar-refractivity contribution in [1.29, 1.82) is 0 Å². The Morgan fingerprint density at radius 2 is 1.92 bits per heavy atom. The van der Waals surface area contributed by atoms with Crippen molar-refractivity contribution in [3.8, 4) is 11.5 Å². The Hall–Kier alpha value is -1.79. The molecule has 0 bridgehead atoms. The van der Waals surface area contributed by atoms with Crippen LogP contribution in [0, 0.1) is 0 Å². The first-order chi connectivity index (χ1) is 11.7. The molecule has 3 rings (SSSR count). The minimum atomic E-state index is -0.206. The highest BCUT2D eigenvalue weighted by molar-refractivity contribution is 5.81. The van der Waals surface area contributed by atoms with E-state index in [1.54, 1.807) is 14.2 Å². The number of piperazine rings is 1. The predicted octanol–water partition coefficient (Wildman–Crippen LogP) is 1.53. The van der Waals surface area contributed by atoms with Gasteiger partial charge >= 0.3 is 0 Å². The van der Waals surface area contributed by atoms with E-state index in [9.17, 15) is 4.79 Å². The van der Waals surface area contributed by atoms with Crippen LogP contribution in [-0.2, 0) is 16.1 Å². The molecule has 2 fully saturated rings. The third-order valence-electron chi connectivity index (χ3n) is 4.74. The zero-order valence-electron chi connectivity index (χ0n) is 14.5. The molecule has 1 amide bonds. The van der Waals surface area contributed by atoms with E-state index in [-0.39, 0.29) is 12.0 Å². The smallest absolute Gasteiger partial charge is 0.251 e. The van der Waals surface area contributed by atoms with Gasteiger partial charge in [0.25, 0.3) is 5.91 Å². The molecule has 1 aromatic carbocycles. The standard InChI is InChI=1S/C18H26N2O4/c1-22-15-6-5-14(12-17(15)23-2)13-19-7-9-20(10-8-19)18(21)16-4-3-11-24-16/h5-6,12,16H,3-4,7-11,13H2,1-2H3. The summed E-state index contributed by atoms with van der Waals surface area (Å²) in [6.07, 6.45) is 1.66.